The zero-order chi connectivity index (χ0) is 13.0. The maximum absolute atomic E-state index is 11.5. The Kier molecular flexibility index (Phi) is 3.94. The number of nitrogens with one attached hydrogen (secondary N) is 2. The third-order valence-electron chi connectivity index (χ3n) is 2.43. The molecule has 18 heavy (non-hydrogen) atoms. The fraction of sp³-hybridized carbons (Fsp3) is 0.231. The lowest BCUT2D eigenvalue weighted by Gasteiger charge is -2.10. The summed E-state index contributed by atoms with van der Waals surface area (Å²) in [7, 11) is 0. The molecule has 1 heterocycles. The van der Waals surface area contributed by atoms with Gasteiger partial charge in [0.25, 0.3) is 0 Å². The van der Waals surface area contributed by atoms with Crippen molar-refractivity contribution >= 4 is 34.6 Å². The zero-order valence-electron chi connectivity index (χ0n) is 10.0. The van der Waals surface area contributed by atoms with Crippen LogP contribution in [-0.2, 0) is 9.53 Å². The highest BCUT2D eigenvalue weighted by atomic mass is 32.1. The Morgan fingerprint density at radius 1 is 1.28 bits per heavy atom. The molecule has 1 aliphatic rings. The second kappa shape index (κ2) is 5.64. The van der Waals surface area contributed by atoms with E-state index in [9.17, 15) is 4.79 Å². The van der Waals surface area contributed by atoms with Gasteiger partial charge in [0.1, 0.15) is 4.99 Å². The summed E-state index contributed by atoms with van der Waals surface area (Å²) in [5.74, 6) is -0.265. The number of rotatable bonds is 3. The Labute approximate surface area is 111 Å². The summed E-state index contributed by atoms with van der Waals surface area (Å²) in [5, 5.41) is 6.29. The number of fused-ring (bicyclic) bond motifs is 1. The van der Waals surface area contributed by atoms with E-state index in [0.717, 1.165) is 17.1 Å². The van der Waals surface area contributed by atoms with Crippen molar-refractivity contribution in [1.82, 2.24) is 0 Å². The number of para-hydroxylation sites is 2. The van der Waals surface area contributed by atoms with Gasteiger partial charge in [-0.15, -0.1) is 0 Å². The minimum absolute atomic E-state index is 0.185. The molecule has 2 rings (SSSR count). The van der Waals surface area contributed by atoms with Crippen LogP contribution in [0.5, 0.6) is 0 Å². The van der Waals surface area contributed by atoms with Gasteiger partial charge >= 0.3 is 5.97 Å². The van der Waals surface area contributed by atoms with Crippen LogP contribution in [0.1, 0.15) is 13.3 Å². The van der Waals surface area contributed by atoms with E-state index in [4.69, 9.17) is 17.0 Å². The van der Waals surface area contributed by atoms with Gasteiger partial charge in [0.2, 0.25) is 0 Å². The number of hydrogen-bond donors (Lipinski definition) is 2. The Bertz CT molecular complexity index is 511. The Hall–Kier alpha value is -1.88. The lowest BCUT2D eigenvalue weighted by atomic mass is 10.2. The van der Waals surface area contributed by atoms with Crippen LogP contribution < -0.4 is 10.6 Å². The fourth-order valence-corrected chi connectivity index (χ4v) is 1.95. The first-order chi connectivity index (χ1) is 8.69. The monoisotopic (exact) mass is 262 g/mol. The average Bonchev–Trinajstić information content (AvgIpc) is 2.46. The molecule has 1 aromatic carbocycles. The highest BCUT2D eigenvalue weighted by Crippen LogP contribution is 2.26. The number of carbonyl (C=O) groups is 1. The smallest absolute Gasteiger partial charge is 0.311 e. The first-order valence-corrected chi connectivity index (χ1v) is 6.13. The van der Waals surface area contributed by atoms with Crippen molar-refractivity contribution in [2.75, 3.05) is 17.2 Å². The number of anilines is 2. The molecule has 0 saturated carbocycles. The van der Waals surface area contributed by atoms with Crippen molar-refractivity contribution in [3.8, 4) is 0 Å². The first kappa shape index (κ1) is 12.6. The van der Waals surface area contributed by atoms with E-state index >= 15 is 0 Å². The summed E-state index contributed by atoms with van der Waals surface area (Å²) in [4.78, 5) is 12.1. The summed E-state index contributed by atoms with van der Waals surface area (Å²) in [6.45, 7) is 2.17. The molecule has 1 aromatic rings. The molecule has 0 amide bonds. The Morgan fingerprint density at radius 3 is 2.61 bits per heavy atom. The number of ether oxygens (including phenoxy) is 1. The van der Waals surface area contributed by atoms with Crippen LogP contribution in [0.15, 0.2) is 36.0 Å². The van der Waals surface area contributed by atoms with Crippen LogP contribution in [0.2, 0.25) is 0 Å². The molecule has 94 valence electrons. The van der Waals surface area contributed by atoms with Gasteiger partial charge in [-0.05, 0) is 25.1 Å². The van der Waals surface area contributed by atoms with Crippen LogP contribution in [0.4, 0.5) is 11.4 Å². The minimum Gasteiger partial charge on any atom is -0.466 e. The second-order valence-electron chi connectivity index (χ2n) is 3.81. The molecule has 5 heteroatoms. The van der Waals surface area contributed by atoms with Gasteiger partial charge in [0, 0.05) is 5.70 Å². The molecule has 0 atom stereocenters. The lowest BCUT2D eigenvalue weighted by molar-refractivity contribution is -0.142. The van der Waals surface area contributed by atoms with Gasteiger partial charge in [0.15, 0.2) is 0 Å². The second-order valence-corrected chi connectivity index (χ2v) is 4.25. The van der Waals surface area contributed by atoms with Gasteiger partial charge in [-0.3, -0.25) is 4.79 Å². The summed E-state index contributed by atoms with van der Waals surface area (Å²) in [6.07, 6.45) is 1.93. The SMILES string of the molecule is CCOC(=O)CC1=CC(=S)Nc2ccccc2N1. The van der Waals surface area contributed by atoms with Crippen molar-refractivity contribution in [2.24, 2.45) is 0 Å². The van der Waals surface area contributed by atoms with E-state index in [1.807, 2.05) is 24.3 Å². The molecular weight excluding hydrogens is 248 g/mol. The van der Waals surface area contributed by atoms with E-state index < -0.39 is 0 Å². The number of esters is 1. The molecule has 2 N–H and O–H groups in total. The maximum Gasteiger partial charge on any atom is 0.311 e. The average molecular weight is 262 g/mol. The van der Waals surface area contributed by atoms with Crippen LogP contribution in [0.25, 0.3) is 0 Å². The van der Waals surface area contributed by atoms with Crippen molar-refractivity contribution in [3.63, 3.8) is 0 Å². The largest absolute Gasteiger partial charge is 0.466 e. The van der Waals surface area contributed by atoms with Gasteiger partial charge in [-0.1, -0.05) is 24.4 Å². The van der Waals surface area contributed by atoms with Gasteiger partial charge in [0.05, 0.1) is 24.4 Å². The third kappa shape index (κ3) is 3.07. The van der Waals surface area contributed by atoms with Crippen molar-refractivity contribution in [1.29, 1.82) is 0 Å². The van der Waals surface area contributed by atoms with Crippen LogP contribution in [0, 0.1) is 0 Å². The fourth-order valence-electron chi connectivity index (χ4n) is 1.70. The predicted octanol–water partition coefficient (Wildman–Crippen LogP) is 2.69. The molecule has 0 radical (unpaired) electrons. The molecule has 0 aliphatic carbocycles. The predicted molar refractivity (Wildman–Crippen MR) is 75.6 cm³/mol. The van der Waals surface area contributed by atoms with Crippen molar-refractivity contribution in [3.05, 3.63) is 36.0 Å². The quantitative estimate of drug-likeness (QED) is 0.648. The van der Waals surface area contributed by atoms with Crippen LogP contribution in [-0.4, -0.2) is 17.6 Å². The Morgan fingerprint density at radius 2 is 1.94 bits per heavy atom. The van der Waals surface area contributed by atoms with Crippen LogP contribution in [0.3, 0.4) is 0 Å². The molecule has 4 nitrogen and oxygen atoms in total. The minimum atomic E-state index is -0.265. The van der Waals surface area contributed by atoms with E-state index in [1.165, 1.54) is 0 Å². The summed E-state index contributed by atoms with van der Waals surface area (Å²) in [6, 6.07) is 7.70. The van der Waals surface area contributed by atoms with Gasteiger partial charge in [-0.25, -0.2) is 0 Å². The summed E-state index contributed by atoms with van der Waals surface area (Å²) < 4.78 is 4.93. The van der Waals surface area contributed by atoms with E-state index in [2.05, 4.69) is 10.6 Å². The number of carbonyl (C=O) groups excluding carboxylic acids is 1. The zero-order valence-corrected chi connectivity index (χ0v) is 10.8. The van der Waals surface area contributed by atoms with Gasteiger partial charge in [-0.2, -0.15) is 0 Å². The maximum atomic E-state index is 11.5. The molecule has 0 aromatic heterocycles. The summed E-state index contributed by atoms with van der Waals surface area (Å²) >= 11 is 5.18. The Balaban J connectivity index is 2.17. The number of benzene rings is 1. The normalized spacial score (nSPS) is 13.6. The molecular formula is C13H14N2O2S. The van der Waals surface area contributed by atoms with E-state index in [1.54, 1.807) is 13.0 Å². The van der Waals surface area contributed by atoms with Crippen molar-refractivity contribution in [2.45, 2.75) is 13.3 Å². The molecule has 0 bridgehead atoms. The summed E-state index contributed by atoms with van der Waals surface area (Å²) in [5.41, 5.74) is 2.53. The van der Waals surface area contributed by atoms with E-state index in [-0.39, 0.29) is 12.4 Å². The third-order valence-corrected chi connectivity index (χ3v) is 2.65. The molecule has 0 saturated heterocycles. The van der Waals surface area contributed by atoms with Crippen molar-refractivity contribution < 1.29 is 9.53 Å². The highest BCUT2D eigenvalue weighted by molar-refractivity contribution is 7.81. The van der Waals surface area contributed by atoms with Gasteiger partial charge < -0.3 is 15.4 Å². The highest BCUT2D eigenvalue weighted by Gasteiger charge is 2.13. The topological polar surface area (TPSA) is 50.4 Å². The van der Waals surface area contributed by atoms with Crippen LogP contribution >= 0.6 is 12.2 Å². The molecule has 1 aliphatic heterocycles. The first-order valence-electron chi connectivity index (χ1n) is 5.72. The standard InChI is InChI=1S/C13H14N2O2S/c1-2-17-13(16)8-9-7-12(18)15-11-6-4-3-5-10(11)14-9/h3-7,14H,2,8H2,1H3,(H,15,18). The molecule has 0 spiro atoms. The number of hydrogen-bond acceptors (Lipinski definition) is 4. The lowest BCUT2D eigenvalue weighted by Crippen LogP contribution is -2.10. The molecule has 0 fully saturated rings. The number of thiocarbonyl (C=S) groups is 1. The van der Waals surface area contributed by atoms with E-state index in [0.29, 0.717) is 11.6 Å². The molecule has 0 unspecified atom stereocenters.